The molecule has 1 aromatic rings. The maximum Gasteiger partial charge on any atom is 0.411 e. The second-order valence-corrected chi connectivity index (χ2v) is 8.99. The molecule has 0 bridgehead atoms. The molecule has 1 aromatic carbocycles. The Morgan fingerprint density at radius 1 is 1.16 bits per heavy atom. The number of amides is 3. The zero-order valence-corrected chi connectivity index (χ0v) is 19.1. The van der Waals surface area contributed by atoms with Crippen LogP contribution < -0.4 is 0 Å². The average Bonchev–Trinajstić information content (AvgIpc) is 2.67. The Hall–Kier alpha value is -2.96. The van der Waals surface area contributed by atoms with Crippen LogP contribution in [0.4, 0.5) is 4.79 Å². The fourth-order valence-electron chi connectivity index (χ4n) is 3.67. The molecule has 1 aliphatic heterocycles. The number of hydrogen-bond donors (Lipinski definition) is 0. The normalized spacial score (nSPS) is 19.2. The molecule has 168 valence electrons. The van der Waals surface area contributed by atoms with Crippen LogP contribution in [0, 0.1) is 6.92 Å². The average molecular weight is 429 g/mol. The van der Waals surface area contributed by atoms with Gasteiger partial charge in [0.25, 0.3) is 11.8 Å². The summed E-state index contributed by atoms with van der Waals surface area (Å²) in [7, 11) is 0. The third-order valence-corrected chi connectivity index (χ3v) is 5.24. The number of piperazine rings is 1. The molecule has 0 unspecified atom stereocenters. The molecule has 7 nitrogen and oxygen atoms in total. The van der Waals surface area contributed by atoms with Crippen molar-refractivity contribution in [1.82, 2.24) is 9.80 Å². The van der Waals surface area contributed by atoms with Gasteiger partial charge in [0.15, 0.2) is 0 Å². The Balaban J connectivity index is 2.46. The number of benzene rings is 1. The van der Waals surface area contributed by atoms with Crippen LogP contribution in [-0.4, -0.2) is 57.7 Å². The molecule has 31 heavy (non-hydrogen) atoms. The number of Topliss-reactive ketones (excluding diaryl/α,β-unsaturated/α-hetero) is 1. The van der Waals surface area contributed by atoms with Crippen LogP contribution >= 0.6 is 0 Å². The van der Waals surface area contributed by atoms with Gasteiger partial charge >= 0.3 is 6.09 Å². The van der Waals surface area contributed by atoms with E-state index >= 15 is 0 Å². The highest BCUT2D eigenvalue weighted by Gasteiger charge is 2.53. The minimum atomic E-state index is -1.41. The maximum absolute atomic E-state index is 13.7. The largest absolute Gasteiger partial charge is 0.444 e. The van der Waals surface area contributed by atoms with Gasteiger partial charge in [-0.25, -0.2) is 4.79 Å². The Morgan fingerprint density at radius 3 is 2.29 bits per heavy atom. The third kappa shape index (κ3) is 5.60. The van der Waals surface area contributed by atoms with E-state index in [9.17, 15) is 19.2 Å². The van der Waals surface area contributed by atoms with Gasteiger partial charge in [-0.3, -0.25) is 19.4 Å². The lowest BCUT2D eigenvalue weighted by molar-refractivity contribution is -0.148. The van der Waals surface area contributed by atoms with Gasteiger partial charge in [-0.15, -0.1) is 6.58 Å². The summed E-state index contributed by atoms with van der Waals surface area (Å²) < 4.78 is 5.54. The van der Waals surface area contributed by atoms with Crippen molar-refractivity contribution in [2.75, 3.05) is 13.1 Å². The molecule has 0 spiro atoms. The Kier molecular flexibility index (Phi) is 7.41. The summed E-state index contributed by atoms with van der Waals surface area (Å²) in [6, 6.07) is 6.97. The number of nitrogens with zero attached hydrogens (tertiary/aromatic N) is 2. The number of ketones is 1. The SMILES string of the molecule is C=CC[C@@]1(CCC(C)=O)C(=O)N(C(=O)c2ccc(C)cc2)CCN1C(=O)OC(C)(C)C. The van der Waals surface area contributed by atoms with Gasteiger partial charge in [0.05, 0.1) is 0 Å². The molecule has 2 rings (SSSR count). The number of hydrogen-bond acceptors (Lipinski definition) is 5. The second-order valence-electron chi connectivity index (χ2n) is 8.99. The summed E-state index contributed by atoms with van der Waals surface area (Å²) in [5.74, 6) is -1.05. The highest BCUT2D eigenvalue weighted by atomic mass is 16.6. The van der Waals surface area contributed by atoms with Gasteiger partial charge in [-0.05, 0) is 59.6 Å². The van der Waals surface area contributed by atoms with Crippen molar-refractivity contribution in [3.05, 3.63) is 48.0 Å². The Bertz CT molecular complexity index is 869. The molecule has 1 heterocycles. The minimum Gasteiger partial charge on any atom is -0.444 e. The van der Waals surface area contributed by atoms with E-state index < -0.39 is 29.0 Å². The highest BCUT2D eigenvalue weighted by molar-refractivity contribution is 6.08. The number of carbonyl (C=O) groups is 4. The van der Waals surface area contributed by atoms with Crippen molar-refractivity contribution in [1.29, 1.82) is 0 Å². The summed E-state index contributed by atoms with van der Waals surface area (Å²) in [6.45, 7) is 12.5. The van der Waals surface area contributed by atoms with Crippen molar-refractivity contribution in [3.8, 4) is 0 Å². The van der Waals surface area contributed by atoms with Gasteiger partial charge in [0, 0.05) is 25.1 Å². The molecular formula is C24H32N2O5. The van der Waals surface area contributed by atoms with E-state index in [0.29, 0.717) is 5.56 Å². The van der Waals surface area contributed by atoms with Crippen LogP contribution in [0.2, 0.25) is 0 Å². The second kappa shape index (κ2) is 9.45. The van der Waals surface area contributed by atoms with Crippen LogP contribution in [0.15, 0.2) is 36.9 Å². The first kappa shape index (κ1) is 24.3. The van der Waals surface area contributed by atoms with Crippen LogP contribution in [0.1, 0.15) is 62.9 Å². The summed E-state index contributed by atoms with van der Waals surface area (Å²) >= 11 is 0. The summed E-state index contributed by atoms with van der Waals surface area (Å²) in [5.41, 5.74) is -0.770. The molecule has 0 N–H and O–H groups in total. The van der Waals surface area contributed by atoms with Crippen LogP contribution in [0.5, 0.6) is 0 Å². The van der Waals surface area contributed by atoms with Gasteiger partial charge in [-0.1, -0.05) is 23.8 Å². The lowest BCUT2D eigenvalue weighted by Gasteiger charge is -2.48. The maximum atomic E-state index is 13.7. The van der Waals surface area contributed by atoms with E-state index in [-0.39, 0.29) is 38.1 Å². The fourth-order valence-corrected chi connectivity index (χ4v) is 3.67. The molecular weight excluding hydrogens is 396 g/mol. The van der Waals surface area contributed by atoms with E-state index in [1.165, 1.54) is 22.8 Å². The first-order valence-electron chi connectivity index (χ1n) is 10.5. The fraction of sp³-hybridized carbons (Fsp3) is 0.500. The van der Waals surface area contributed by atoms with Crippen molar-refractivity contribution >= 4 is 23.7 Å². The predicted octanol–water partition coefficient (Wildman–Crippen LogP) is 3.90. The summed E-state index contributed by atoms with van der Waals surface area (Å²) in [5, 5.41) is 0. The van der Waals surface area contributed by atoms with Crippen LogP contribution in [0.25, 0.3) is 0 Å². The number of ether oxygens (including phenoxy) is 1. The zero-order valence-electron chi connectivity index (χ0n) is 19.1. The van der Waals surface area contributed by atoms with Crippen molar-refractivity contribution < 1.29 is 23.9 Å². The summed E-state index contributed by atoms with van der Waals surface area (Å²) in [4.78, 5) is 54.2. The lowest BCUT2D eigenvalue weighted by Crippen LogP contribution is -2.68. The number of aryl methyl sites for hydroxylation is 1. The minimum absolute atomic E-state index is 0.0454. The van der Waals surface area contributed by atoms with Gasteiger partial charge < -0.3 is 9.53 Å². The molecule has 0 aliphatic carbocycles. The van der Waals surface area contributed by atoms with E-state index in [1.807, 2.05) is 6.92 Å². The Labute approximate surface area is 184 Å². The molecule has 3 amide bonds. The van der Waals surface area contributed by atoms with Gasteiger partial charge in [-0.2, -0.15) is 0 Å². The molecule has 1 saturated heterocycles. The molecule has 0 aromatic heterocycles. The topological polar surface area (TPSA) is 84.0 Å². The lowest BCUT2D eigenvalue weighted by atomic mass is 9.83. The van der Waals surface area contributed by atoms with Gasteiger partial charge in [0.2, 0.25) is 0 Å². The van der Waals surface area contributed by atoms with E-state index in [4.69, 9.17) is 4.74 Å². The number of imide groups is 1. The number of carbonyl (C=O) groups excluding carboxylic acids is 4. The standard InChI is InChI=1S/C24H32N2O5/c1-7-13-24(14-12-18(3)27)21(29)25(20(28)19-10-8-17(2)9-11-19)15-16-26(24)22(30)31-23(4,5)6/h7-11H,1,12-16H2,2-6H3/t24-/m1/s1. The van der Waals surface area contributed by atoms with Crippen LogP contribution in [-0.2, 0) is 14.3 Å². The Morgan fingerprint density at radius 2 is 1.77 bits per heavy atom. The van der Waals surface area contributed by atoms with E-state index in [0.717, 1.165) is 5.56 Å². The molecule has 0 saturated carbocycles. The van der Waals surface area contributed by atoms with Crippen molar-refractivity contribution in [3.63, 3.8) is 0 Å². The van der Waals surface area contributed by atoms with E-state index in [1.54, 1.807) is 45.0 Å². The summed E-state index contributed by atoms with van der Waals surface area (Å²) in [6.07, 6.45) is 1.18. The predicted molar refractivity (Wildman–Crippen MR) is 118 cm³/mol. The van der Waals surface area contributed by atoms with Crippen molar-refractivity contribution in [2.24, 2.45) is 0 Å². The van der Waals surface area contributed by atoms with E-state index in [2.05, 4.69) is 6.58 Å². The first-order chi connectivity index (χ1) is 14.4. The quantitative estimate of drug-likeness (QED) is 0.507. The number of rotatable bonds is 6. The monoisotopic (exact) mass is 428 g/mol. The molecule has 0 radical (unpaired) electrons. The van der Waals surface area contributed by atoms with Crippen molar-refractivity contribution in [2.45, 2.75) is 65.0 Å². The molecule has 1 fully saturated rings. The molecule has 1 atom stereocenters. The first-order valence-corrected chi connectivity index (χ1v) is 10.5. The highest BCUT2D eigenvalue weighted by Crippen LogP contribution is 2.34. The molecule has 7 heteroatoms. The smallest absolute Gasteiger partial charge is 0.411 e. The molecule has 1 aliphatic rings. The zero-order chi connectivity index (χ0) is 23.4. The van der Waals surface area contributed by atoms with Gasteiger partial charge in [0.1, 0.15) is 16.9 Å². The third-order valence-electron chi connectivity index (χ3n) is 5.24. The van der Waals surface area contributed by atoms with Crippen LogP contribution in [0.3, 0.4) is 0 Å².